The first-order chi connectivity index (χ1) is 18.6. The van der Waals surface area contributed by atoms with E-state index in [0.29, 0.717) is 30.1 Å². The number of hydrogen-bond donors (Lipinski definition) is 1. The average Bonchev–Trinajstić information content (AvgIpc) is 3.44. The van der Waals surface area contributed by atoms with Crippen molar-refractivity contribution in [1.82, 2.24) is 4.98 Å². The fourth-order valence-electron chi connectivity index (χ4n) is 4.73. The van der Waals surface area contributed by atoms with E-state index in [0.717, 1.165) is 12.1 Å². The van der Waals surface area contributed by atoms with Crippen LogP contribution in [0, 0.1) is 11.6 Å². The molecule has 1 saturated carbocycles. The number of nitrogens with zero attached hydrogens (tertiary/aromatic N) is 3. The summed E-state index contributed by atoms with van der Waals surface area (Å²) in [7, 11) is -2.75. The highest BCUT2D eigenvalue weighted by molar-refractivity contribution is 7.94. The number of benzene rings is 1. The van der Waals surface area contributed by atoms with Gasteiger partial charge < -0.3 is 24.1 Å². The maximum absolute atomic E-state index is 14.8. The van der Waals surface area contributed by atoms with Gasteiger partial charge in [0.1, 0.15) is 41.6 Å². The van der Waals surface area contributed by atoms with E-state index in [1.54, 1.807) is 0 Å². The summed E-state index contributed by atoms with van der Waals surface area (Å²) in [4.78, 5) is 21.1. The first-order valence-electron chi connectivity index (χ1n) is 12.3. The lowest BCUT2D eigenvalue weighted by Gasteiger charge is -2.17. The Morgan fingerprint density at radius 3 is 2.64 bits per heavy atom. The molecule has 1 aromatic heterocycles. The Morgan fingerprint density at radius 2 is 1.92 bits per heavy atom. The van der Waals surface area contributed by atoms with Gasteiger partial charge in [-0.2, -0.15) is 4.36 Å². The molecule has 3 fully saturated rings. The van der Waals surface area contributed by atoms with Gasteiger partial charge in [-0.15, -0.1) is 0 Å². The summed E-state index contributed by atoms with van der Waals surface area (Å²) in [6.07, 6.45) is 1.05. The minimum atomic E-state index is -2.75. The summed E-state index contributed by atoms with van der Waals surface area (Å²) >= 11 is 6.28. The van der Waals surface area contributed by atoms with Crippen molar-refractivity contribution in [2.24, 2.45) is 9.36 Å². The third-order valence-electron chi connectivity index (χ3n) is 6.98. The van der Waals surface area contributed by atoms with Crippen molar-refractivity contribution in [3.8, 4) is 5.88 Å². The summed E-state index contributed by atoms with van der Waals surface area (Å²) in [5, 5.41) is 9.81. The van der Waals surface area contributed by atoms with Gasteiger partial charge in [0.25, 0.3) is 5.91 Å². The van der Waals surface area contributed by atoms with Crippen LogP contribution in [0.5, 0.6) is 5.88 Å². The molecule has 1 amide bonds. The highest BCUT2D eigenvalue weighted by atomic mass is 35.5. The summed E-state index contributed by atoms with van der Waals surface area (Å²) in [6.45, 7) is -0.123. The number of aliphatic hydroxyl groups excluding tert-OH is 1. The number of aromatic nitrogens is 1. The predicted molar refractivity (Wildman–Crippen MR) is 135 cm³/mol. The van der Waals surface area contributed by atoms with Crippen LogP contribution in [-0.4, -0.2) is 75.2 Å². The molecule has 0 spiro atoms. The number of amides is 1. The standard InChI is InChI=1S/C25H24ClF2N3O7S/c1-39(34,12-2-3-12)31-24(33)11-4-15(27)13(16(28)5-11)8-37-25-14(26)6-17-18(30-25)7-21(29-17)38-20-10-36-22-19(32)9-35-23(20)22/h4-6,12,19-20,22-23,32H,2-3,7-10H2,1H3/t19-,20-,22-,23-,39?/m1/s1. The number of rotatable bonds is 6. The van der Waals surface area contributed by atoms with Gasteiger partial charge in [-0.05, 0) is 31.0 Å². The van der Waals surface area contributed by atoms with Crippen LogP contribution in [0.4, 0.5) is 14.5 Å². The van der Waals surface area contributed by atoms with Crippen LogP contribution in [0.2, 0.25) is 5.02 Å². The number of fused-ring (bicyclic) bond motifs is 2. The number of ether oxygens (including phenoxy) is 4. The lowest BCUT2D eigenvalue weighted by molar-refractivity contribution is 0.00558. The zero-order valence-corrected chi connectivity index (χ0v) is 22.2. The zero-order valence-electron chi connectivity index (χ0n) is 20.6. The monoisotopic (exact) mass is 583 g/mol. The number of halogens is 3. The van der Waals surface area contributed by atoms with Gasteiger partial charge in [-0.3, -0.25) is 4.79 Å². The quantitative estimate of drug-likeness (QED) is 0.549. The molecule has 39 heavy (non-hydrogen) atoms. The minimum Gasteiger partial charge on any atom is -0.472 e. The lowest BCUT2D eigenvalue weighted by Crippen LogP contribution is -2.34. The van der Waals surface area contributed by atoms with E-state index in [1.807, 2.05) is 0 Å². The molecule has 0 bridgehead atoms. The molecule has 208 valence electrons. The number of aliphatic hydroxyl groups is 1. The summed E-state index contributed by atoms with van der Waals surface area (Å²) < 4.78 is 68.3. The lowest BCUT2D eigenvalue weighted by atomic mass is 10.1. The number of pyridine rings is 1. The van der Waals surface area contributed by atoms with Crippen molar-refractivity contribution in [3.63, 3.8) is 0 Å². The molecule has 1 unspecified atom stereocenters. The van der Waals surface area contributed by atoms with Crippen molar-refractivity contribution in [1.29, 1.82) is 0 Å². The molecule has 6 rings (SSSR count). The van der Waals surface area contributed by atoms with Crippen LogP contribution < -0.4 is 4.74 Å². The normalized spacial score (nSPS) is 26.9. The molecule has 2 saturated heterocycles. The first kappa shape index (κ1) is 26.5. The van der Waals surface area contributed by atoms with Gasteiger partial charge in [-0.25, -0.2) is 23.0 Å². The van der Waals surface area contributed by atoms with E-state index in [-0.39, 0.29) is 41.4 Å². The average molecular weight is 584 g/mol. The van der Waals surface area contributed by atoms with Crippen molar-refractivity contribution < 1.29 is 41.8 Å². The largest absolute Gasteiger partial charge is 0.472 e. The SMILES string of the molecule is CS(=O)(=NC(=O)c1cc(F)c(COc2nc3c(cc2Cl)N=C(O[C@@H]2CO[C@H]4[C@@H]2OC[C@H]4O)C3)c(F)c1)C1CC1. The van der Waals surface area contributed by atoms with Gasteiger partial charge in [-0.1, -0.05) is 11.6 Å². The third-order valence-corrected chi connectivity index (χ3v) is 9.49. The van der Waals surface area contributed by atoms with Gasteiger partial charge in [0.05, 0.1) is 46.3 Å². The Labute approximate surface area is 227 Å². The van der Waals surface area contributed by atoms with Crippen LogP contribution in [-0.2, 0) is 37.0 Å². The van der Waals surface area contributed by atoms with Gasteiger partial charge >= 0.3 is 0 Å². The fraction of sp³-hybridized carbons (Fsp3) is 0.480. The Balaban J connectivity index is 1.12. The number of carbonyl (C=O) groups is 1. The van der Waals surface area contributed by atoms with Crippen LogP contribution in [0.3, 0.4) is 0 Å². The molecule has 5 atom stereocenters. The number of aliphatic imine (C=N–C) groups is 1. The van der Waals surface area contributed by atoms with Crippen LogP contribution in [0.1, 0.15) is 34.5 Å². The minimum absolute atomic E-state index is 0.0533. The second-order valence-electron chi connectivity index (χ2n) is 9.91. The summed E-state index contributed by atoms with van der Waals surface area (Å²) in [5.74, 6) is -2.66. The van der Waals surface area contributed by atoms with E-state index < -0.39 is 63.9 Å². The van der Waals surface area contributed by atoms with Crippen LogP contribution >= 0.6 is 11.6 Å². The molecule has 3 aliphatic heterocycles. The molecule has 4 aliphatic rings. The third kappa shape index (κ3) is 5.25. The smallest absolute Gasteiger partial charge is 0.285 e. The Bertz CT molecular complexity index is 1490. The molecular weight excluding hydrogens is 560 g/mol. The highest BCUT2D eigenvalue weighted by Gasteiger charge is 2.49. The van der Waals surface area contributed by atoms with Crippen molar-refractivity contribution >= 4 is 38.8 Å². The maximum atomic E-state index is 14.8. The number of hydrogen-bond acceptors (Lipinski definition) is 9. The van der Waals surface area contributed by atoms with Crippen LogP contribution in [0.25, 0.3) is 0 Å². The molecule has 1 N–H and O–H groups in total. The molecule has 1 aromatic carbocycles. The van der Waals surface area contributed by atoms with Gasteiger partial charge in [0, 0.05) is 17.1 Å². The summed E-state index contributed by atoms with van der Waals surface area (Å²) in [6, 6.07) is 3.20. The van der Waals surface area contributed by atoms with Crippen molar-refractivity contribution in [2.45, 2.75) is 55.5 Å². The summed E-state index contributed by atoms with van der Waals surface area (Å²) in [5.41, 5.74) is 0.195. The highest BCUT2D eigenvalue weighted by Crippen LogP contribution is 2.36. The zero-order chi connectivity index (χ0) is 27.5. The van der Waals surface area contributed by atoms with E-state index in [1.165, 1.54) is 12.3 Å². The Hall–Kier alpha value is -2.71. The van der Waals surface area contributed by atoms with Gasteiger partial charge in [0.15, 0.2) is 12.0 Å². The molecular formula is C25H24ClF2N3O7S. The molecule has 4 heterocycles. The molecule has 0 radical (unpaired) electrons. The van der Waals surface area contributed by atoms with Crippen LogP contribution in [0.15, 0.2) is 27.6 Å². The number of carbonyl (C=O) groups excluding carboxylic acids is 1. The second-order valence-corrected chi connectivity index (χ2v) is 12.9. The maximum Gasteiger partial charge on any atom is 0.285 e. The Kier molecular flexibility index (Phi) is 6.82. The Morgan fingerprint density at radius 1 is 1.21 bits per heavy atom. The topological polar surface area (TPSA) is 129 Å². The fourth-order valence-corrected chi connectivity index (χ4v) is 6.53. The molecule has 2 aromatic rings. The molecule has 10 nitrogen and oxygen atoms in total. The second kappa shape index (κ2) is 10.0. The van der Waals surface area contributed by atoms with Crippen molar-refractivity contribution in [3.05, 3.63) is 51.7 Å². The van der Waals surface area contributed by atoms with Crippen molar-refractivity contribution in [2.75, 3.05) is 19.5 Å². The first-order valence-corrected chi connectivity index (χ1v) is 14.7. The van der Waals surface area contributed by atoms with E-state index in [9.17, 15) is 22.9 Å². The van der Waals surface area contributed by atoms with E-state index >= 15 is 0 Å². The molecule has 1 aliphatic carbocycles. The van der Waals surface area contributed by atoms with E-state index in [4.69, 9.17) is 30.5 Å². The molecule has 14 heteroatoms. The van der Waals surface area contributed by atoms with E-state index in [2.05, 4.69) is 14.3 Å². The van der Waals surface area contributed by atoms with Gasteiger partial charge in [0.2, 0.25) is 5.88 Å². The predicted octanol–water partition coefficient (Wildman–Crippen LogP) is 3.12.